The maximum absolute atomic E-state index is 13.4. The summed E-state index contributed by atoms with van der Waals surface area (Å²) < 4.78 is 19.1. The van der Waals surface area contributed by atoms with Crippen LogP contribution in [-0.2, 0) is 49.5 Å². The molecule has 0 spiro atoms. The van der Waals surface area contributed by atoms with Gasteiger partial charge in [-0.2, -0.15) is 0 Å². The topological polar surface area (TPSA) is 172 Å². The van der Waals surface area contributed by atoms with Crippen LogP contribution in [0.1, 0.15) is 16.3 Å². The lowest BCUT2D eigenvalue weighted by atomic mass is 10.0. The van der Waals surface area contributed by atoms with Crippen LogP contribution in [0.3, 0.4) is 0 Å². The van der Waals surface area contributed by atoms with Crippen LogP contribution in [0.25, 0.3) is 0 Å². The van der Waals surface area contributed by atoms with E-state index in [-0.39, 0.29) is 30.4 Å². The first-order chi connectivity index (χ1) is 21.7. The highest BCUT2D eigenvalue weighted by Gasteiger charge is 2.54. The SMILES string of the molecule is [B]OC(=O)/C(=C\[B]OC=O)O/N=C(/C(=O)N[C@@H]1C(=O)N2C(C(=O)OCc3ccc(OC)cc3)=C(CCl)CS[C@H]12)c1csc(C)n1. The van der Waals surface area contributed by atoms with E-state index in [9.17, 15) is 24.0 Å². The minimum absolute atomic E-state index is 0.0127. The summed E-state index contributed by atoms with van der Waals surface area (Å²) in [7, 11) is 7.25. The van der Waals surface area contributed by atoms with Crippen LogP contribution in [0, 0.1) is 6.92 Å². The van der Waals surface area contributed by atoms with Crippen molar-refractivity contribution in [2.24, 2.45) is 5.16 Å². The number of rotatable bonds is 14. The number of thioether (sulfide) groups is 1. The van der Waals surface area contributed by atoms with Crippen molar-refractivity contribution in [3.8, 4) is 5.75 Å². The molecule has 3 heterocycles. The molecule has 0 unspecified atom stereocenters. The average molecular weight is 672 g/mol. The zero-order valence-corrected chi connectivity index (χ0v) is 26.0. The molecule has 1 N–H and O–H groups in total. The lowest BCUT2D eigenvalue weighted by Gasteiger charge is -2.49. The summed E-state index contributed by atoms with van der Waals surface area (Å²) in [5.41, 5.74) is 0.919. The fraction of sp³-hybridized carbons (Fsp3) is 0.269. The van der Waals surface area contributed by atoms with Gasteiger partial charge < -0.3 is 28.9 Å². The van der Waals surface area contributed by atoms with Crippen molar-refractivity contribution in [2.75, 3.05) is 18.7 Å². The van der Waals surface area contributed by atoms with Crippen molar-refractivity contribution in [1.29, 1.82) is 0 Å². The first kappa shape index (κ1) is 33.6. The maximum Gasteiger partial charge on any atom is 0.408 e. The number of methoxy groups -OCH3 is 1. The number of benzene rings is 1. The van der Waals surface area contributed by atoms with Crippen LogP contribution in [0.15, 0.2) is 57.8 Å². The molecule has 4 rings (SSSR count). The Morgan fingerprint density at radius 2 is 2.04 bits per heavy atom. The predicted molar refractivity (Wildman–Crippen MR) is 163 cm³/mol. The van der Waals surface area contributed by atoms with Gasteiger partial charge in [0.15, 0.2) is 5.71 Å². The van der Waals surface area contributed by atoms with E-state index >= 15 is 0 Å². The van der Waals surface area contributed by atoms with Gasteiger partial charge in [0, 0.05) is 17.0 Å². The van der Waals surface area contributed by atoms with Crippen LogP contribution < -0.4 is 10.1 Å². The molecule has 2 aliphatic heterocycles. The number of nitrogens with zero attached hydrogens (tertiary/aromatic N) is 3. The molecule has 1 aromatic heterocycles. The second-order valence-electron chi connectivity index (χ2n) is 8.96. The molecular formula is C26H22B2ClN4O10S2. The van der Waals surface area contributed by atoms with Gasteiger partial charge in [-0.15, -0.1) is 34.7 Å². The fourth-order valence-electron chi connectivity index (χ4n) is 4.02. The van der Waals surface area contributed by atoms with E-state index in [0.717, 1.165) is 13.5 Å². The summed E-state index contributed by atoms with van der Waals surface area (Å²) >= 11 is 8.62. The second kappa shape index (κ2) is 15.6. The predicted octanol–water partition coefficient (Wildman–Crippen LogP) is 1.08. The van der Waals surface area contributed by atoms with E-state index in [1.165, 1.54) is 40.5 Å². The van der Waals surface area contributed by atoms with Crippen LogP contribution in [0.2, 0.25) is 0 Å². The number of thiazole rings is 1. The summed E-state index contributed by atoms with van der Waals surface area (Å²) in [5.74, 6) is -2.20. The van der Waals surface area contributed by atoms with Crippen molar-refractivity contribution in [1.82, 2.24) is 15.2 Å². The average Bonchev–Trinajstić information content (AvgIpc) is 3.49. The summed E-state index contributed by atoms with van der Waals surface area (Å²) in [6.07, 6.45) is 0. The molecule has 1 saturated heterocycles. The summed E-state index contributed by atoms with van der Waals surface area (Å²) in [4.78, 5) is 72.9. The number of alkyl halides is 1. The van der Waals surface area contributed by atoms with Gasteiger partial charge in [0.25, 0.3) is 18.3 Å². The number of oxime groups is 1. The summed E-state index contributed by atoms with van der Waals surface area (Å²) in [6, 6.07) is 5.87. The van der Waals surface area contributed by atoms with Crippen molar-refractivity contribution in [3.05, 3.63) is 68.9 Å². The van der Waals surface area contributed by atoms with Crippen molar-refractivity contribution in [2.45, 2.75) is 24.9 Å². The third-order valence-corrected chi connectivity index (χ3v) is 8.63. The number of hydrogen-bond acceptors (Lipinski definition) is 14. The van der Waals surface area contributed by atoms with Crippen LogP contribution in [0.5, 0.6) is 5.75 Å². The number of amides is 2. The number of fused-ring (bicyclic) bond motifs is 1. The number of esters is 1. The summed E-state index contributed by atoms with van der Waals surface area (Å²) in [5, 5.41) is 7.79. The van der Waals surface area contributed by atoms with E-state index in [1.54, 1.807) is 31.2 Å². The Morgan fingerprint density at radius 1 is 1.29 bits per heavy atom. The Labute approximate surface area is 271 Å². The second-order valence-corrected chi connectivity index (χ2v) is 11.4. The van der Waals surface area contributed by atoms with Crippen LogP contribution in [0.4, 0.5) is 0 Å². The Bertz CT molecular complexity index is 1570. The molecule has 2 aliphatic rings. The maximum atomic E-state index is 13.4. The number of carbonyl (C=O) groups excluding carboxylic acids is 5. The van der Waals surface area contributed by atoms with E-state index < -0.39 is 46.6 Å². The molecule has 2 aromatic rings. The molecular weight excluding hydrogens is 650 g/mol. The minimum Gasteiger partial charge on any atom is -0.538 e. The molecule has 231 valence electrons. The first-order valence-corrected chi connectivity index (χ1v) is 15.2. The van der Waals surface area contributed by atoms with Gasteiger partial charge in [0.2, 0.25) is 5.76 Å². The Kier molecular flexibility index (Phi) is 11.7. The van der Waals surface area contributed by atoms with E-state index in [2.05, 4.69) is 24.8 Å². The van der Waals surface area contributed by atoms with Crippen LogP contribution in [-0.4, -0.2) is 91.5 Å². The van der Waals surface area contributed by atoms with E-state index in [0.29, 0.717) is 27.6 Å². The van der Waals surface area contributed by atoms with Crippen molar-refractivity contribution in [3.63, 3.8) is 0 Å². The van der Waals surface area contributed by atoms with Gasteiger partial charge in [-0.1, -0.05) is 17.3 Å². The number of nitrogens with one attached hydrogen (secondary N) is 1. The molecule has 0 saturated carbocycles. The Balaban J connectivity index is 1.50. The lowest BCUT2D eigenvalue weighted by molar-refractivity contribution is -0.153. The van der Waals surface area contributed by atoms with Crippen molar-refractivity contribution < 1.29 is 47.6 Å². The highest BCUT2D eigenvalue weighted by molar-refractivity contribution is 8.00. The molecule has 1 fully saturated rings. The largest absolute Gasteiger partial charge is 0.538 e. The number of ether oxygens (including phenoxy) is 2. The highest BCUT2D eigenvalue weighted by atomic mass is 35.5. The number of hydrogen-bond donors (Lipinski definition) is 1. The van der Waals surface area contributed by atoms with Gasteiger partial charge in [-0.25, -0.2) is 14.6 Å². The zero-order chi connectivity index (χ0) is 32.5. The highest BCUT2D eigenvalue weighted by Crippen LogP contribution is 2.41. The van der Waals surface area contributed by atoms with Gasteiger partial charge in [0.1, 0.15) is 35.2 Å². The number of halogens is 1. The first-order valence-electron chi connectivity index (χ1n) is 12.8. The quantitative estimate of drug-likeness (QED) is 0.0290. The number of β-lactam (4-membered cyclic amide) rings is 1. The Hall–Kier alpha value is -4.28. The molecule has 1 aromatic carbocycles. The summed E-state index contributed by atoms with van der Waals surface area (Å²) in [6.45, 7) is 1.72. The molecule has 0 bridgehead atoms. The number of carbonyl (C=O) groups is 5. The van der Waals surface area contributed by atoms with Gasteiger partial charge in [0.05, 0.1) is 12.1 Å². The minimum atomic E-state index is -1.20. The third-order valence-electron chi connectivity index (χ3n) is 6.19. The zero-order valence-electron chi connectivity index (χ0n) is 23.6. The lowest BCUT2D eigenvalue weighted by Crippen LogP contribution is -2.71. The van der Waals surface area contributed by atoms with E-state index in [1.807, 2.05) is 0 Å². The smallest absolute Gasteiger partial charge is 0.408 e. The normalized spacial score (nSPS) is 17.8. The van der Waals surface area contributed by atoms with Gasteiger partial charge in [-0.05, 0) is 36.2 Å². The Morgan fingerprint density at radius 3 is 2.67 bits per heavy atom. The molecule has 3 radical (unpaired) electrons. The van der Waals surface area contributed by atoms with Crippen LogP contribution >= 0.6 is 34.7 Å². The fourth-order valence-corrected chi connectivity index (χ4v) is 6.30. The standard InChI is InChI=1S/C26H22B2ClN4O10S2/c1-13-30-17(11-44-13)19(32-43-18(25(37)42-27)7-28-41-12-34)22(35)31-20-23(36)33-21(15(8-29)10-45-24(20)33)26(38)40-9-14-3-5-16(39-2)6-4-14/h3-7,11-12,20,24H,8-10H2,1-2H3,(H,31,35)/b18-7+,32-19+/t20-,24-/m1/s1. The van der Waals surface area contributed by atoms with Crippen molar-refractivity contribution >= 4 is 86.2 Å². The number of aromatic nitrogens is 1. The molecule has 0 aliphatic carbocycles. The molecule has 2 atom stereocenters. The van der Waals surface area contributed by atoms with E-state index in [4.69, 9.17) is 34.0 Å². The molecule has 14 nitrogen and oxygen atoms in total. The third kappa shape index (κ3) is 7.87. The molecule has 45 heavy (non-hydrogen) atoms. The van der Waals surface area contributed by atoms with Gasteiger partial charge in [-0.3, -0.25) is 19.3 Å². The monoisotopic (exact) mass is 671 g/mol. The number of aryl methyl sites for hydroxylation is 1. The van der Waals surface area contributed by atoms with Gasteiger partial charge >= 0.3 is 27.5 Å². The molecule has 19 heteroatoms. The molecule has 2 amide bonds.